The molecule has 3 heterocycles. The van der Waals surface area contributed by atoms with Crippen LogP contribution in [0.2, 0.25) is 0 Å². The molecule has 5 heteroatoms. The maximum absolute atomic E-state index is 5.73. The van der Waals surface area contributed by atoms with Crippen LogP contribution in [0.3, 0.4) is 0 Å². The summed E-state index contributed by atoms with van der Waals surface area (Å²) >= 11 is 5.73. The fourth-order valence-corrected chi connectivity index (χ4v) is 4.99. The molecule has 1 aromatic carbocycles. The first-order chi connectivity index (χ1) is 14.1. The Labute approximate surface area is 180 Å². The number of rotatable bonds is 6. The molecule has 0 bridgehead atoms. The van der Waals surface area contributed by atoms with Crippen LogP contribution >= 0.6 is 12.2 Å². The van der Waals surface area contributed by atoms with Crippen molar-refractivity contribution in [2.75, 3.05) is 57.3 Å². The molecule has 0 radical (unpaired) electrons. The van der Waals surface area contributed by atoms with Crippen LogP contribution in [0.15, 0.2) is 24.3 Å². The van der Waals surface area contributed by atoms with Gasteiger partial charge in [0.1, 0.15) is 5.82 Å². The molecule has 156 valence electrons. The number of likely N-dealkylation sites (tertiary alicyclic amines) is 1. The predicted octanol–water partition coefficient (Wildman–Crippen LogP) is 4.08. The fraction of sp³-hybridized carbons (Fsp3) is 0.583. The molecule has 0 aliphatic carbocycles. The van der Waals surface area contributed by atoms with Gasteiger partial charge in [-0.1, -0.05) is 31.6 Å². The molecular formula is C24H34N4S. The summed E-state index contributed by atoms with van der Waals surface area (Å²) in [6.45, 7) is 13.4. The van der Waals surface area contributed by atoms with Gasteiger partial charge in [0.15, 0.2) is 0 Å². The molecule has 2 aliphatic heterocycles. The maximum atomic E-state index is 5.73. The summed E-state index contributed by atoms with van der Waals surface area (Å²) in [5.41, 5.74) is 3.73. The Morgan fingerprint density at radius 3 is 2.45 bits per heavy atom. The molecule has 0 saturated carbocycles. The summed E-state index contributed by atoms with van der Waals surface area (Å²) in [6.07, 6.45) is 4.90. The van der Waals surface area contributed by atoms with Gasteiger partial charge in [0.25, 0.3) is 0 Å². The van der Waals surface area contributed by atoms with Gasteiger partial charge in [-0.25, -0.2) is 4.98 Å². The average Bonchev–Trinajstić information content (AvgIpc) is 2.75. The van der Waals surface area contributed by atoms with Crippen molar-refractivity contribution in [1.29, 1.82) is 0 Å². The number of hydrogen-bond donors (Lipinski definition) is 0. The van der Waals surface area contributed by atoms with Crippen molar-refractivity contribution in [3.63, 3.8) is 0 Å². The number of benzene rings is 1. The number of aryl methyl sites for hydroxylation is 1. The Balaban J connectivity index is 1.45. The Morgan fingerprint density at radius 2 is 1.72 bits per heavy atom. The van der Waals surface area contributed by atoms with Crippen molar-refractivity contribution in [2.24, 2.45) is 0 Å². The molecule has 2 saturated heterocycles. The molecule has 0 unspecified atom stereocenters. The van der Waals surface area contributed by atoms with Crippen LogP contribution in [0.4, 0.5) is 5.82 Å². The monoisotopic (exact) mass is 410 g/mol. The molecule has 2 fully saturated rings. The number of piperidine rings is 1. The summed E-state index contributed by atoms with van der Waals surface area (Å²) in [5, 5.41) is 1.26. The van der Waals surface area contributed by atoms with Crippen LogP contribution in [-0.2, 0) is 6.42 Å². The van der Waals surface area contributed by atoms with Gasteiger partial charge in [0.2, 0.25) is 0 Å². The molecule has 1 aromatic heterocycles. The van der Waals surface area contributed by atoms with E-state index < -0.39 is 0 Å². The Kier molecular flexibility index (Phi) is 6.78. The Bertz CT molecular complexity index is 851. The number of fused-ring (bicyclic) bond motifs is 1. The average molecular weight is 411 g/mol. The van der Waals surface area contributed by atoms with E-state index in [-0.39, 0.29) is 0 Å². The lowest BCUT2D eigenvalue weighted by Crippen LogP contribution is -2.46. The first-order valence-electron chi connectivity index (χ1n) is 11.2. The largest absolute Gasteiger partial charge is 0.354 e. The number of likely N-dealkylation sites (N-methyl/N-ethyl adjacent to an activating group) is 1. The van der Waals surface area contributed by atoms with Gasteiger partial charge >= 0.3 is 0 Å². The maximum Gasteiger partial charge on any atom is 0.129 e. The lowest BCUT2D eigenvalue weighted by atomic mass is 10.0. The van der Waals surface area contributed by atoms with Gasteiger partial charge in [0, 0.05) is 49.4 Å². The minimum Gasteiger partial charge on any atom is -0.354 e. The van der Waals surface area contributed by atoms with Gasteiger partial charge in [-0.15, -0.1) is 0 Å². The Hall–Kier alpha value is -1.56. The highest BCUT2D eigenvalue weighted by Crippen LogP contribution is 2.25. The van der Waals surface area contributed by atoms with Gasteiger partial charge in [0.05, 0.1) is 5.52 Å². The minimum absolute atomic E-state index is 0.891. The van der Waals surface area contributed by atoms with E-state index in [1.165, 1.54) is 48.9 Å². The minimum atomic E-state index is 0.891. The van der Waals surface area contributed by atoms with Gasteiger partial charge in [-0.3, -0.25) is 4.90 Å². The highest BCUT2D eigenvalue weighted by molar-refractivity contribution is 7.80. The van der Waals surface area contributed by atoms with Crippen molar-refractivity contribution in [1.82, 2.24) is 14.8 Å². The third kappa shape index (κ3) is 5.14. The van der Waals surface area contributed by atoms with Crippen molar-refractivity contribution in [3.05, 3.63) is 35.4 Å². The van der Waals surface area contributed by atoms with Gasteiger partial charge in [-0.2, -0.15) is 0 Å². The summed E-state index contributed by atoms with van der Waals surface area (Å²) in [5.74, 6) is 1.12. The normalized spacial score (nSPS) is 19.0. The summed E-state index contributed by atoms with van der Waals surface area (Å²) in [4.78, 5) is 13.6. The predicted molar refractivity (Wildman–Crippen MR) is 127 cm³/mol. The third-order valence-electron chi connectivity index (χ3n) is 6.46. The van der Waals surface area contributed by atoms with E-state index in [9.17, 15) is 0 Å². The fourth-order valence-electron chi connectivity index (χ4n) is 4.64. The van der Waals surface area contributed by atoms with Crippen LogP contribution in [-0.4, -0.2) is 72.0 Å². The van der Waals surface area contributed by atoms with Crippen molar-refractivity contribution in [3.8, 4) is 0 Å². The lowest BCUT2D eigenvalue weighted by Gasteiger charge is -2.35. The second-order valence-electron chi connectivity index (χ2n) is 8.62. The molecule has 4 nitrogen and oxygen atoms in total. The summed E-state index contributed by atoms with van der Waals surface area (Å²) in [7, 11) is 0. The van der Waals surface area contributed by atoms with Gasteiger partial charge < -0.3 is 9.80 Å². The molecule has 29 heavy (non-hydrogen) atoms. The van der Waals surface area contributed by atoms with E-state index in [0.29, 0.717) is 0 Å². The van der Waals surface area contributed by atoms with E-state index in [1.54, 1.807) is 0 Å². The molecule has 0 spiro atoms. The SMILES string of the molecule is CCN1CCN(c2cc(C)c3cc(CC(=S)CN4CCCCC4)ccc3n2)CC1. The quantitative estimate of drug-likeness (QED) is 0.668. The van der Waals surface area contributed by atoms with E-state index in [0.717, 1.165) is 61.9 Å². The van der Waals surface area contributed by atoms with E-state index in [1.807, 2.05) is 0 Å². The highest BCUT2D eigenvalue weighted by Gasteiger charge is 2.18. The zero-order valence-electron chi connectivity index (χ0n) is 18.0. The van der Waals surface area contributed by atoms with Gasteiger partial charge in [-0.05, 0) is 68.7 Å². The van der Waals surface area contributed by atoms with Crippen LogP contribution in [0.25, 0.3) is 10.9 Å². The number of piperazine rings is 1. The van der Waals surface area contributed by atoms with E-state index in [2.05, 4.69) is 52.8 Å². The van der Waals surface area contributed by atoms with E-state index >= 15 is 0 Å². The first-order valence-corrected chi connectivity index (χ1v) is 11.6. The zero-order valence-corrected chi connectivity index (χ0v) is 18.8. The number of aromatic nitrogens is 1. The molecule has 0 atom stereocenters. The van der Waals surface area contributed by atoms with Crippen molar-refractivity contribution in [2.45, 2.75) is 39.5 Å². The molecule has 2 aliphatic rings. The highest BCUT2D eigenvalue weighted by atomic mass is 32.1. The first kappa shape index (κ1) is 20.7. The molecule has 4 rings (SSSR count). The molecule has 0 amide bonds. The lowest BCUT2D eigenvalue weighted by molar-refractivity contribution is 0.259. The summed E-state index contributed by atoms with van der Waals surface area (Å²) < 4.78 is 0. The topological polar surface area (TPSA) is 22.6 Å². The Morgan fingerprint density at radius 1 is 0.966 bits per heavy atom. The number of thiocarbonyl (C=S) groups is 1. The zero-order chi connectivity index (χ0) is 20.2. The second-order valence-corrected chi connectivity index (χ2v) is 9.20. The number of nitrogens with zero attached hydrogens (tertiary/aromatic N) is 4. The third-order valence-corrected chi connectivity index (χ3v) is 6.73. The van der Waals surface area contributed by atoms with Crippen LogP contribution in [0.1, 0.15) is 37.3 Å². The molecular weight excluding hydrogens is 376 g/mol. The van der Waals surface area contributed by atoms with Crippen molar-refractivity contribution >= 4 is 33.8 Å². The molecule has 2 aromatic rings. The summed E-state index contributed by atoms with van der Waals surface area (Å²) in [6, 6.07) is 8.97. The smallest absolute Gasteiger partial charge is 0.129 e. The van der Waals surface area contributed by atoms with Crippen LogP contribution in [0, 0.1) is 6.92 Å². The van der Waals surface area contributed by atoms with E-state index in [4.69, 9.17) is 17.2 Å². The van der Waals surface area contributed by atoms with Crippen LogP contribution in [0.5, 0.6) is 0 Å². The number of pyridine rings is 1. The number of anilines is 1. The second kappa shape index (κ2) is 9.50. The molecule has 0 N–H and O–H groups in total. The van der Waals surface area contributed by atoms with Crippen molar-refractivity contribution < 1.29 is 0 Å². The van der Waals surface area contributed by atoms with Crippen LogP contribution < -0.4 is 4.90 Å². The standard InChI is InChI=1S/C24H34N4S/c1-3-26-11-13-28(14-12-26)24-15-19(2)22-17-20(7-8-23(22)25-24)16-21(29)18-27-9-5-4-6-10-27/h7-8,15,17H,3-6,9-14,16,18H2,1-2H3. The number of hydrogen-bond acceptors (Lipinski definition) is 5.